The number of Topliss-reactive ketones (excluding diaryl/α,β-unsaturated/α-hetero) is 2. The zero-order valence-corrected chi connectivity index (χ0v) is 7.07. The van der Waals surface area contributed by atoms with Gasteiger partial charge in [-0.1, -0.05) is 0 Å². The van der Waals surface area contributed by atoms with Crippen LogP contribution in [0.4, 0.5) is 13.2 Å². The molecule has 0 aromatic heterocycles. The van der Waals surface area contributed by atoms with Crippen LogP contribution in [0.1, 0.15) is 13.3 Å². The maximum Gasteiger partial charge on any atom is 0.450 e. The van der Waals surface area contributed by atoms with Crippen LogP contribution < -0.4 is 0 Å². The first-order chi connectivity index (χ1) is 4.34. The second kappa shape index (κ2) is 5.09. The van der Waals surface area contributed by atoms with E-state index in [0.29, 0.717) is 0 Å². The fourth-order valence-corrected chi connectivity index (χ4v) is 0.326. The first-order valence-electron chi connectivity index (χ1n) is 2.43. The van der Waals surface area contributed by atoms with Crippen molar-refractivity contribution in [2.24, 2.45) is 0 Å². The number of alkyl halides is 3. The van der Waals surface area contributed by atoms with Crippen LogP contribution in [0.3, 0.4) is 0 Å². The summed E-state index contributed by atoms with van der Waals surface area (Å²) in [4.78, 5) is 19.9. The second-order valence-corrected chi connectivity index (χ2v) is 1.80. The molecule has 0 atom stereocenters. The molecule has 0 aromatic rings. The van der Waals surface area contributed by atoms with Gasteiger partial charge in [-0.05, 0) is 6.92 Å². The molecule has 73 valence electrons. The van der Waals surface area contributed by atoms with E-state index in [1.54, 1.807) is 0 Å². The normalized spacial score (nSPS) is 10.2. The van der Waals surface area contributed by atoms with Gasteiger partial charge in [0, 0.05) is 36.9 Å². The Labute approximate surface area is 90.3 Å². The van der Waals surface area contributed by atoms with Crippen molar-refractivity contribution in [2.75, 3.05) is 0 Å². The topological polar surface area (TPSA) is 34.1 Å². The van der Waals surface area contributed by atoms with Gasteiger partial charge in [0.1, 0.15) is 5.78 Å². The van der Waals surface area contributed by atoms with Gasteiger partial charge in [0.05, 0.1) is 6.42 Å². The van der Waals surface area contributed by atoms with Crippen molar-refractivity contribution >= 4 is 11.6 Å². The summed E-state index contributed by atoms with van der Waals surface area (Å²) in [5.41, 5.74) is 0. The molecule has 0 bridgehead atoms. The fraction of sp³-hybridized carbons (Fsp3) is 0.600. The zero-order valence-electron chi connectivity index (χ0n) is 5.42. The maximum atomic E-state index is 11.3. The largest absolute Gasteiger partial charge is 0.450 e. The Morgan fingerprint density at radius 2 is 1.64 bits per heavy atom. The van der Waals surface area contributed by atoms with Crippen molar-refractivity contribution in [1.82, 2.24) is 0 Å². The van der Waals surface area contributed by atoms with E-state index in [0.717, 1.165) is 6.92 Å². The molecule has 0 heterocycles. The number of hydrogen-bond donors (Lipinski definition) is 0. The van der Waals surface area contributed by atoms with Gasteiger partial charge in [-0.25, -0.2) is 0 Å². The minimum Gasteiger partial charge on any atom is -0.300 e. The molecule has 1 radical (unpaired) electrons. The SMILES string of the molecule is CC(=O)CC(=O)C(F)(F)F.[Lu]. The van der Waals surface area contributed by atoms with Crippen LogP contribution in [0, 0.1) is 36.9 Å². The predicted octanol–water partition coefficient (Wildman–Crippen LogP) is 1.10. The Balaban J connectivity index is 0. The monoisotopic (exact) mass is 329 g/mol. The molecule has 0 spiro atoms. The predicted molar refractivity (Wildman–Crippen MR) is 26.4 cm³/mol. The first-order valence-corrected chi connectivity index (χ1v) is 2.43. The van der Waals surface area contributed by atoms with Crippen LogP contribution in [-0.2, 0) is 9.59 Å². The quantitative estimate of drug-likeness (QED) is 0.711. The smallest absolute Gasteiger partial charge is 0.300 e. The number of ketones is 2. The van der Waals surface area contributed by atoms with E-state index in [-0.39, 0.29) is 36.9 Å². The molecule has 2 nitrogen and oxygen atoms in total. The number of hydrogen-bond acceptors (Lipinski definition) is 2. The van der Waals surface area contributed by atoms with Gasteiger partial charge in [-0.15, -0.1) is 0 Å². The summed E-state index contributed by atoms with van der Waals surface area (Å²) >= 11 is 0. The van der Waals surface area contributed by atoms with Crippen LogP contribution in [0.15, 0.2) is 0 Å². The van der Waals surface area contributed by atoms with Crippen LogP contribution in [0.25, 0.3) is 0 Å². The van der Waals surface area contributed by atoms with Gasteiger partial charge in [0.15, 0.2) is 0 Å². The van der Waals surface area contributed by atoms with Crippen LogP contribution in [0.2, 0.25) is 0 Å². The minimum atomic E-state index is -4.87. The number of rotatable bonds is 2. The number of carbonyl (C=O) groups is 2. The summed E-state index contributed by atoms with van der Waals surface area (Å²) in [5.74, 6) is -2.76. The van der Waals surface area contributed by atoms with Gasteiger partial charge in [0.25, 0.3) is 0 Å². The molecule has 0 aliphatic carbocycles. The van der Waals surface area contributed by atoms with E-state index in [4.69, 9.17) is 0 Å². The second-order valence-electron chi connectivity index (χ2n) is 1.80. The molecule has 0 aliphatic rings. The summed E-state index contributed by atoms with van der Waals surface area (Å²) in [6, 6.07) is 0. The van der Waals surface area contributed by atoms with Gasteiger partial charge < -0.3 is 0 Å². The fourth-order valence-electron chi connectivity index (χ4n) is 0.326. The van der Waals surface area contributed by atoms with E-state index >= 15 is 0 Å². The molecule has 0 unspecified atom stereocenters. The average Bonchev–Trinajstić information content (AvgIpc) is 1.60. The summed E-state index contributed by atoms with van der Waals surface area (Å²) in [7, 11) is 0. The number of carbonyl (C=O) groups excluding carboxylic acids is 2. The van der Waals surface area contributed by atoms with Crippen molar-refractivity contribution < 1.29 is 59.6 Å². The van der Waals surface area contributed by atoms with Crippen molar-refractivity contribution in [1.29, 1.82) is 0 Å². The van der Waals surface area contributed by atoms with Gasteiger partial charge in [-0.3, -0.25) is 9.59 Å². The third-order valence-electron chi connectivity index (χ3n) is 0.726. The molecule has 11 heavy (non-hydrogen) atoms. The Hall–Kier alpha value is 0.364. The molecule has 0 rings (SSSR count). The summed E-state index contributed by atoms with van der Waals surface area (Å²) < 4.78 is 33.9. The zero-order chi connectivity index (χ0) is 8.36. The van der Waals surface area contributed by atoms with Crippen molar-refractivity contribution in [3.8, 4) is 0 Å². The molecule has 0 saturated heterocycles. The van der Waals surface area contributed by atoms with E-state index in [1.807, 2.05) is 0 Å². The Morgan fingerprint density at radius 1 is 1.27 bits per heavy atom. The van der Waals surface area contributed by atoms with E-state index < -0.39 is 24.2 Å². The average molecular weight is 329 g/mol. The molecule has 6 heteroatoms. The molecular formula is C5H5F3LuO2. The van der Waals surface area contributed by atoms with Gasteiger partial charge in [-0.2, -0.15) is 13.2 Å². The molecule has 0 fully saturated rings. The number of halogens is 3. The first kappa shape index (κ1) is 13.9. The minimum absolute atomic E-state index is 0. The Morgan fingerprint density at radius 3 is 1.73 bits per heavy atom. The summed E-state index contributed by atoms with van der Waals surface area (Å²) in [6.07, 6.45) is -5.92. The van der Waals surface area contributed by atoms with Crippen molar-refractivity contribution in [3.63, 3.8) is 0 Å². The van der Waals surface area contributed by atoms with E-state index in [1.165, 1.54) is 0 Å². The standard InChI is InChI=1S/C5H5F3O2.Lu/c1-3(9)2-4(10)5(6,7)8;/h2H2,1H3;. The van der Waals surface area contributed by atoms with Crippen LogP contribution in [-0.4, -0.2) is 17.7 Å². The van der Waals surface area contributed by atoms with Gasteiger partial charge in [0.2, 0.25) is 5.78 Å². The molecule has 0 aliphatic heterocycles. The van der Waals surface area contributed by atoms with E-state index in [2.05, 4.69) is 0 Å². The third kappa shape index (κ3) is 6.75. The third-order valence-corrected chi connectivity index (χ3v) is 0.726. The van der Waals surface area contributed by atoms with Crippen LogP contribution >= 0.6 is 0 Å². The van der Waals surface area contributed by atoms with Crippen molar-refractivity contribution in [3.05, 3.63) is 0 Å². The molecule has 0 saturated carbocycles. The molecular weight excluding hydrogens is 324 g/mol. The molecule has 0 N–H and O–H groups in total. The summed E-state index contributed by atoms with van der Waals surface area (Å²) in [5, 5.41) is 0. The van der Waals surface area contributed by atoms with Crippen LogP contribution in [0.5, 0.6) is 0 Å². The molecule has 0 aromatic carbocycles. The Kier molecular flexibility index (Phi) is 6.44. The van der Waals surface area contributed by atoms with Crippen molar-refractivity contribution in [2.45, 2.75) is 19.5 Å². The van der Waals surface area contributed by atoms with E-state index in [9.17, 15) is 22.8 Å². The maximum absolute atomic E-state index is 11.3. The van der Waals surface area contributed by atoms with Gasteiger partial charge >= 0.3 is 6.18 Å². The molecule has 0 amide bonds. The Bertz CT molecular complexity index is 164. The summed E-state index contributed by atoms with van der Waals surface area (Å²) in [6.45, 7) is 0.934.